The van der Waals surface area contributed by atoms with E-state index in [1.807, 2.05) is 22.6 Å². The second kappa shape index (κ2) is 5.77. The summed E-state index contributed by atoms with van der Waals surface area (Å²) in [5.74, 6) is 0.298. The molecule has 0 atom stereocenters. The lowest BCUT2D eigenvalue weighted by Gasteiger charge is -2.38. The van der Waals surface area contributed by atoms with Gasteiger partial charge >= 0.3 is 0 Å². The third-order valence-electron chi connectivity index (χ3n) is 5.26. The largest absolute Gasteiger partial charge is 0.345 e. The van der Waals surface area contributed by atoms with Crippen LogP contribution in [0.4, 0.5) is 0 Å². The van der Waals surface area contributed by atoms with Crippen molar-refractivity contribution in [2.45, 2.75) is 39.3 Å². The summed E-state index contributed by atoms with van der Waals surface area (Å²) >= 11 is 0. The van der Waals surface area contributed by atoms with Crippen LogP contribution < -0.4 is 0 Å². The van der Waals surface area contributed by atoms with Gasteiger partial charge in [0.25, 0.3) is 0 Å². The summed E-state index contributed by atoms with van der Waals surface area (Å²) in [5, 5.41) is 9.14. The molecule has 2 aliphatic rings. The zero-order valence-electron chi connectivity index (χ0n) is 13.5. The molecule has 0 saturated carbocycles. The third-order valence-corrected chi connectivity index (χ3v) is 5.26. The van der Waals surface area contributed by atoms with Gasteiger partial charge in [-0.2, -0.15) is 5.26 Å². The molecule has 0 N–H and O–H groups in total. The number of amides is 1. The first-order valence-electron chi connectivity index (χ1n) is 8.11. The van der Waals surface area contributed by atoms with Gasteiger partial charge in [0.05, 0.1) is 0 Å². The number of rotatable bonds is 3. The van der Waals surface area contributed by atoms with Gasteiger partial charge in [-0.1, -0.05) is 0 Å². The Hall–Kier alpha value is -1.80. The summed E-state index contributed by atoms with van der Waals surface area (Å²) in [6.07, 6.45) is 5.02. The van der Waals surface area contributed by atoms with E-state index in [1.54, 1.807) is 0 Å². The van der Waals surface area contributed by atoms with E-state index in [0.717, 1.165) is 57.7 Å². The van der Waals surface area contributed by atoms with E-state index in [9.17, 15) is 4.79 Å². The molecule has 2 fully saturated rings. The van der Waals surface area contributed by atoms with Crippen LogP contribution in [0.5, 0.6) is 0 Å². The van der Waals surface area contributed by atoms with Crippen molar-refractivity contribution < 1.29 is 4.79 Å². The van der Waals surface area contributed by atoms with Crippen molar-refractivity contribution in [1.82, 2.24) is 14.4 Å². The van der Waals surface area contributed by atoms with E-state index in [2.05, 4.69) is 24.1 Å². The standard InChI is InChI=1S/C17H24N4O/c1-3-21-12-14(8-15(21)10-18)11-20-6-4-17(5-7-20)9-16(22)19(2)13-17/h8,12H,3-7,9,11,13H2,1-2H3. The zero-order valence-corrected chi connectivity index (χ0v) is 13.5. The lowest BCUT2D eigenvalue weighted by atomic mass is 9.77. The molecule has 0 aromatic carbocycles. The first-order valence-corrected chi connectivity index (χ1v) is 8.11. The molecule has 118 valence electrons. The molecule has 5 heteroatoms. The number of likely N-dealkylation sites (tertiary alicyclic amines) is 2. The zero-order chi connectivity index (χ0) is 15.7. The number of carbonyl (C=O) groups is 1. The Bertz CT molecular complexity index is 605. The SMILES string of the molecule is CCn1cc(CN2CCC3(CC2)CC(=O)N(C)C3)cc1C#N. The molecule has 5 nitrogen and oxygen atoms in total. The maximum absolute atomic E-state index is 11.8. The third kappa shape index (κ3) is 2.76. The van der Waals surface area contributed by atoms with E-state index >= 15 is 0 Å². The van der Waals surface area contributed by atoms with Crippen molar-refractivity contribution in [2.24, 2.45) is 5.41 Å². The van der Waals surface area contributed by atoms with Gasteiger partial charge in [0.1, 0.15) is 11.8 Å². The molecule has 0 aliphatic carbocycles. The van der Waals surface area contributed by atoms with Gasteiger partial charge in [-0.05, 0) is 49.9 Å². The summed E-state index contributed by atoms with van der Waals surface area (Å²) in [5.41, 5.74) is 2.18. The molecule has 1 spiro atoms. The van der Waals surface area contributed by atoms with Crippen LogP contribution in [0, 0.1) is 16.7 Å². The maximum atomic E-state index is 11.8. The van der Waals surface area contributed by atoms with E-state index in [0.29, 0.717) is 5.91 Å². The molecular weight excluding hydrogens is 276 g/mol. The lowest BCUT2D eigenvalue weighted by molar-refractivity contribution is -0.126. The minimum Gasteiger partial charge on any atom is -0.345 e. The molecule has 3 rings (SSSR count). The summed E-state index contributed by atoms with van der Waals surface area (Å²) in [6, 6.07) is 4.26. The summed E-state index contributed by atoms with van der Waals surface area (Å²) < 4.78 is 2.01. The molecule has 0 bridgehead atoms. The summed E-state index contributed by atoms with van der Waals surface area (Å²) in [6.45, 7) is 6.80. The van der Waals surface area contributed by atoms with Crippen molar-refractivity contribution in [3.63, 3.8) is 0 Å². The van der Waals surface area contributed by atoms with E-state index in [4.69, 9.17) is 5.26 Å². The minimum atomic E-state index is 0.218. The number of piperidine rings is 1. The Morgan fingerprint density at radius 1 is 1.36 bits per heavy atom. The first kappa shape index (κ1) is 15.1. The molecule has 1 aromatic heterocycles. The van der Waals surface area contributed by atoms with Crippen molar-refractivity contribution in [2.75, 3.05) is 26.7 Å². The summed E-state index contributed by atoms with van der Waals surface area (Å²) in [4.78, 5) is 16.1. The van der Waals surface area contributed by atoms with Gasteiger partial charge in [-0.15, -0.1) is 0 Å². The van der Waals surface area contributed by atoms with Gasteiger partial charge < -0.3 is 9.47 Å². The fourth-order valence-electron chi connectivity index (χ4n) is 3.89. The van der Waals surface area contributed by atoms with Crippen LogP contribution in [0.2, 0.25) is 0 Å². The highest BCUT2D eigenvalue weighted by molar-refractivity contribution is 5.79. The predicted molar refractivity (Wildman–Crippen MR) is 84.0 cm³/mol. The second-order valence-electron chi connectivity index (χ2n) is 6.83. The van der Waals surface area contributed by atoms with Crippen LogP contribution in [-0.2, 0) is 17.9 Å². The molecule has 2 saturated heterocycles. The molecule has 3 heterocycles. The van der Waals surface area contributed by atoms with Gasteiger partial charge in [0.2, 0.25) is 5.91 Å². The van der Waals surface area contributed by atoms with Crippen molar-refractivity contribution in [1.29, 1.82) is 5.26 Å². The maximum Gasteiger partial charge on any atom is 0.222 e. The number of carbonyl (C=O) groups excluding carboxylic acids is 1. The lowest BCUT2D eigenvalue weighted by Crippen LogP contribution is -2.40. The monoisotopic (exact) mass is 300 g/mol. The highest BCUT2D eigenvalue weighted by atomic mass is 16.2. The Balaban J connectivity index is 1.60. The second-order valence-corrected chi connectivity index (χ2v) is 6.83. The number of hydrogen-bond acceptors (Lipinski definition) is 3. The van der Waals surface area contributed by atoms with Gasteiger partial charge in [-0.3, -0.25) is 9.69 Å². The number of nitriles is 1. The van der Waals surface area contributed by atoms with E-state index < -0.39 is 0 Å². The van der Waals surface area contributed by atoms with Gasteiger partial charge in [-0.25, -0.2) is 0 Å². The Labute approximate surface area is 132 Å². The Kier molecular flexibility index (Phi) is 3.96. The van der Waals surface area contributed by atoms with Crippen molar-refractivity contribution in [3.05, 3.63) is 23.5 Å². The molecule has 1 aromatic rings. The predicted octanol–water partition coefficient (Wildman–Crippen LogP) is 1.82. The minimum absolute atomic E-state index is 0.218. The number of aryl methyl sites for hydroxylation is 1. The fraction of sp³-hybridized carbons (Fsp3) is 0.647. The fourth-order valence-corrected chi connectivity index (χ4v) is 3.89. The molecule has 1 amide bonds. The number of nitrogens with zero attached hydrogens (tertiary/aromatic N) is 4. The molecular formula is C17H24N4O. The van der Waals surface area contributed by atoms with E-state index in [-0.39, 0.29) is 5.41 Å². The van der Waals surface area contributed by atoms with Crippen molar-refractivity contribution >= 4 is 5.91 Å². The van der Waals surface area contributed by atoms with Crippen LogP contribution in [0.1, 0.15) is 37.4 Å². The molecule has 22 heavy (non-hydrogen) atoms. The smallest absolute Gasteiger partial charge is 0.222 e. The van der Waals surface area contributed by atoms with Gasteiger partial charge in [0, 0.05) is 39.3 Å². The van der Waals surface area contributed by atoms with Crippen LogP contribution in [0.25, 0.3) is 0 Å². The number of hydrogen-bond donors (Lipinski definition) is 0. The van der Waals surface area contributed by atoms with Crippen LogP contribution in [0.3, 0.4) is 0 Å². The molecule has 0 unspecified atom stereocenters. The topological polar surface area (TPSA) is 52.3 Å². The van der Waals surface area contributed by atoms with E-state index in [1.165, 1.54) is 5.56 Å². The average molecular weight is 300 g/mol. The highest BCUT2D eigenvalue weighted by Gasteiger charge is 2.43. The first-order chi connectivity index (χ1) is 10.5. The Morgan fingerprint density at radius 2 is 2.09 bits per heavy atom. The normalized spacial score (nSPS) is 21.5. The average Bonchev–Trinajstić information content (AvgIpc) is 3.03. The summed E-state index contributed by atoms with van der Waals surface area (Å²) in [7, 11) is 1.92. The van der Waals surface area contributed by atoms with Gasteiger partial charge in [0.15, 0.2) is 0 Å². The molecule has 2 aliphatic heterocycles. The Morgan fingerprint density at radius 3 is 2.59 bits per heavy atom. The quantitative estimate of drug-likeness (QED) is 0.855. The van der Waals surface area contributed by atoms with Crippen LogP contribution >= 0.6 is 0 Å². The number of aromatic nitrogens is 1. The highest BCUT2D eigenvalue weighted by Crippen LogP contribution is 2.40. The van der Waals surface area contributed by atoms with Crippen LogP contribution in [0.15, 0.2) is 12.3 Å². The molecule has 0 radical (unpaired) electrons. The van der Waals surface area contributed by atoms with Crippen LogP contribution in [-0.4, -0.2) is 47.0 Å². The van der Waals surface area contributed by atoms with Crippen molar-refractivity contribution in [3.8, 4) is 6.07 Å².